The van der Waals surface area contributed by atoms with Gasteiger partial charge in [-0.3, -0.25) is 0 Å². The number of nitrogens with one attached hydrogen (secondary N) is 1. The number of aliphatic imine (C=N–C) groups is 1. The molecule has 0 aliphatic heterocycles. The highest BCUT2D eigenvalue weighted by Crippen LogP contribution is 2.22. The molecule has 0 aliphatic rings. The largest absolute Gasteiger partial charge is 0.573 e. The second-order valence-corrected chi connectivity index (χ2v) is 5.31. The van der Waals surface area contributed by atoms with Crippen molar-refractivity contribution in [3.05, 3.63) is 65.5 Å². The standard InChI is InChI=1S/C17H17F4N3O2/c18-14-4-2-1-3-13(14)15(25)10-24-16(22)23-9-11-5-7-12(8-6-11)26-17(19,20)21/h1-8,15,25H,9-10H2,(H3,22,23,24). The number of aliphatic hydroxyl groups is 1. The molecule has 26 heavy (non-hydrogen) atoms. The molecule has 1 atom stereocenters. The summed E-state index contributed by atoms with van der Waals surface area (Å²) in [5, 5.41) is 12.6. The Bertz CT molecular complexity index is 748. The molecule has 9 heteroatoms. The molecule has 0 amide bonds. The van der Waals surface area contributed by atoms with Crippen LogP contribution in [0.3, 0.4) is 0 Å². The summed E-state index contributed by atoms with van der Waals surface area (Å²) >= 11 is 0. The zero-order valence-electron chi connectivity index (χ0n) is 13.5. The zero-order chi connectivity index (χ0) is 19.2. The molecule has 0 aromatic heterocycles. The van der Waals surface area contributed by atoms with Gasteiger partial charge in [-0.25, -0.2) is 9.38 Å². The SMILES string of the molecule is NC(=NCc1ccc(OC(F)(F)F)cc1)NCC(O)c1ccccc1F. The van der Waals surface area contributed by atoms with Gasteiger partial charge in [0.1, 0.15) is 11.6 Å². The first kappa shape index (κ1) is 19.5. The molecule has 0 radical (unpaired) electrons. The Morgan fingerprint density at radius 1 is 1.15 bits per heavy atom. The molecule has 0 bridgehead atoms. The molecule has 2 rings (SSSR count). The van der Waals surface area contributed by atoms with E-state index in [4.69, 9.17) is 5.73 Å². The minimum Gasteiger partial charge on any atom is -0.406 e. The number of guanidine groups is 1. The molecule has 5 nitrogen and oxygen atoms in total. The summed E-state index contributed by atoms with van der Waals surface area (Å²) in [4.78, 5) is 4.00. The van der Waals surface area contributed by atoms with Crippen LogP contribution in [0.1, 0.15) is 17.2 Å². The second kappa shape index (κ2) is 8.52. The fourth-order valence-corrected chi connectivity index (χ4v) is 2.09. The lowest BCUT2D eigenvalue weighted by Gasteiger charge is -2.13. The number of benzene rings is 2. The van der Waals surface area contributed by atoms with E-state index < -0.39 is 18.3 Å². The summed E-state index contributed by atoms with van der Waals surface area (Å²) in [6, 6.07) is 11.0. The highest BCUT2D eigenvalue weighted by molar-refractivity contribution is 5.77. The number of aliphatic hydroxyl groups excluding tert-OH is 1. The number of alkyl halides is 3. The van der Waals surface area contributed by atoms with E-state index in [1.165, 1.54) is 42.5 Å². The van der Waals surface area contributed by atoms with E-state index in [0.717, 1.165) is 0 Å². The van der Waals surface area contributed by atoms with Crippen molar-refractivity contribution >= 4 is 5.96 Å². The van der Waals surface area contributed by atoms with E-state index in [0.29, 0.717) is 5.56 Å². The van der Waals surface area contributed by atoms with Crippen molar-refractivity contribution in [1.29, 1.82) is 0 Å². The maximum Gasteiger partial charge on any atom is 0.573 e. The van der Waals surface area contributed by atoms with E-state index in [2.05, 4.69) is 15.0 Å². The first-order valence-corrected chi connectivity index (χ1v) is 7.55. The Hall–Kier alpha value is -2.81. The maximum absolute atomic E-state index is 13.5. The molecule has 0 spiro atoms. The number of halogens is 4. The van der Waals surface area contributed by atoms with Crippen LogP contribution in [-0.4, -0.2) is 24.0 Å². The molecular weight excluding hydrogens is 354 g/mol. The van der Waals surface area contributed by atoms with E-state index >= 15 is 0 Å². The van der Waals surface area contributed by atoms with E-state index in [1.807, 2.05) is 0 Å². The first-order chi connectivity index (χ1) is 12.2. The quantitative estimate of drug-likeness (QED) is 0.414. The van der Waals surface area contributed by atoms with Crippen LogP contribution in [0.15, 0.2) is 53.5 Å². The Balaban J connectivity index is 1.85. The van der Waals surface area contributed by atoms with E-state index in [9.17, 15) is 22.7 Å². The van der Waals surface area contributed by atoms with Crippen LogP contribution >= 0.6 is 0 Å². The third-order valence-electron chi connectivity index (χ3n) is 3.33. The monoisotopic (exact) mass is 371 g/mol. The van der Waals surface area contributed by atoms with E-state index in [-0.39, 0.29) is 30.4 Å². The molecule has 0 saturated heterocycles. The summed E-state index contributed by atoms with van der Waals surface area (Å²) in [7, 11) is 0. The van der Waals surface area contributed by atoms with Crippen molar-refractivity contribution in [1.82, 2.24) is 5.32 Å². The Labute approximate surface area is 147 Å². The fraction of sp³-hybridized carbons (Fsp3) is 0.235. The molecule has 140 valence electrons. The van der Waals surface area contributed by atoms with Crippen molar-refractivity contribution < 1.29 is 27.4 Å². The van der Waals surface area contributed by atoms with Crippen LogP contribution in [0.5, 0.6) is 5.75 Å². The van der Waals surface area contributed by atoms with Gasteiger partial charge in [0.05, 0.1) is 12.6 Å². The normalized spacial score (nSPS) is 13.3. The third-order valence-corrected chi connectivity index (χ3v) is 3.33. The minimum absolute atomic E-state index is 0.0102. The fourth-order valence-electron chi connectivity index (χ4n) is 2.09. The summed E-state index contributed by atoms with van der Waals surface area (Å²) in [6.07, 6.45) is -5.85. The number of ether oxygens (including phenoxy) is 1. The van der Waals surface area contributed by atoms with Crippen LogP contribution in [-0.2, 0) is 6.54 Å². The van der Waals surface area contributed by atoms with Gasteiger partial charge in [0.25, 0.3) is 0 Å². The second-order valence-electron chi connectivity index (χ2n) is 5.31. The summed E-state index contributed by atoms with van der Waals surface area (Å²) in [5.74, 6) is -0.848. The molecule has 2 aromatic rings. The van der Waals surface area contributed by atoms with Gasteiger partial charge in [-0.1, -0.05) is 30.3 Å². The predicted octanol–water partition coefficient (Wildman–Crippen LogP) is 2.86. The third kappa shape index (κ3) is 6.25. The van der Waals surface area contributed by atoms with Gasteiger partial charge in [-0.05, 0) is 23.8 Å². The van der Waals surface area contributed by atoms with Crippen LogP contribution in [0.2, 0.25) is 0 Å². The lowest BCUT2D eigenvalue weighted by Crippen LogP contribution is -2.35. The van der Waals surface area contributed by atoms with Gasteiger partial charge >= 0.3 is 6.36 Å². The maximum atomic E-state index is 13.5. The van der Waals surface area contributed by atoms with Crippen LogP contribution in [0.25, 0.3) is 0 Å². The smallest absolute Gasteiger partial charge is 0.406 e. The molecule has 0 heterocycles. The molecular formula is C17H17F4N3O2. The topological polar surface area (TPSA) is 79.9 Å². The van der Waals surface area contributed by atoms with Gasteiger partial charge in [0.2, 0.25) is 0 Å². The molecule has 0 saturated carbocycles. The van der Waals surface area contributed by atoms with Gasteiger partial charge in [-0.15, -0.1) is 13.2 Å². The summed E-state index contributed by atoms with van der Waals surface area (Å²) in [5.41, 5.74) is 6.40. The van der Waals surface area contributed by atoms with Crippen molar-refractivity contribution in [3.8, 4) is 5.75 Å². The molecule has 4 N–H and O–H groups in total. The minimum atomic E-state index is -4.74. The number of rotatable bonds is 6. The van der Waals surface area contributed by atoms with Crippen LogP contribution in [0, 0.1) is 5.82 Å². The summed E-state index contributed by atoms with van der Waals surface area (Å²) < 4.78 is 53.5. The van der Waals surface area contributed by atoms with Crippen molar-refractivity contribution in [2.24, 2.45) is 10.7 Å². The van der Waals surface area contributed by atoms with Crippen molar-refractivity contribution in [2.45, 2.75) is 19.0 Å². The summed E-state index contributed by atoms with van der Waals surface area (Å²) in [6.45, 7) is 0.0650. The lowest BCUT2D eigenvalue weighted by atomic mass is 10.1. The van der Waals surface area contributed by atoms with Crippen molar-refractivity contribution in [2.75, 3.05) is 6.54 Å². The molecule has 2 aromatic carbocycles. The number of nitrogens with two attached hydrogens (primary N) is 1. The van der Waals surface area contributed by atoms with Crippen LogP contribution in [0.4, 0.5) is 17.6 Å². The zero-order valence-corrected chi connectivity index (χ0v) is 13.5. The molecule has 1 unspecified atom stereocenters. The Kier molecular flexibility index (Phi) is 6.40. The average Bonchev–Trinajstić information content (AvgIpc) is 2.58. The van der Waals surface area contributed by atoms with E-state index in [1.54, 1.807) is 6.07 Å². The van der Waals surface area contributed by atoms with Gasteiger partial charge in [0.15, 0.2) is 5.96 Å². The number of hydrogen-bond acceptors (Lipinski definition) is 3. The van der Waals surface area contributed by atoms with Gasteiger partial charge in [0, 0.05) is 12.1 Å². The van der Waals surface area contributed by atoms with Gasteiger partial charge in [-0.2, -0.15) is 0 Å². The average molecular weight is 371 g/mol. The Morgan fingerprint density at radius 3 is 2.42 bits per heavy atom. The molecule has 0 aliphatic carbocycles. The lowest BCUT2D eigenvalue weighted by molar-refractivity contribution is -0.274. The van der Waals surface area contributed by atoms with Crippen LogP contribution < -0.4 is 15.8 Å². The highest BCUT2D eigenvalue weighted by atomic mass is 19.4. The Morgan fingerprint density at radius 2 is 1.81 bits per heavy atom. The highest BCUT2D eigenvalue weighted by Gasteiger charge is 2.30. The predicted molar refractivity (Wildman–Crippen MR) is 87.8 cm³/mol. The van der Waals surface area contributed by atoms with Crippen molar-refractivity contribution in [3.63, 3.8) is 0 Å². The number of nitrogens with zero attached hydrogens (tertiary/aromatic N) is 1. The first-order valence-electron chi connectivity index (χ1n) is 7.55. The number of hydrogen-bond donors (Lipinski definition) is 3. The van der Waals surface area contributed by atoms with Gasteiger partial charge < -0.3 is 20.9 Å². The molecule has 0 fully saturated rings.